The number of hydrogen-bond acceptors (Lipinski definition) is 4. The van der Waals surface area contributed by atoms with Gasteiger partial charge in [0.15, 0.2) is 0 Å². The van der Waals surface area contributed by atoms with Gasteiger partial charge in [-0.15, -0.1) is 0 Å². The first-order valence-electron chi connectivity index (χ1n) is 7.46. The number of benzene rings is 1. The number of allylic oxidation sites excluding steroid dienone is 1. The van der Waals surface area contributed by atoms with E-state index in [2.05, 4.69) is 17.2 Å². The van der Waals surface area contributed by atoms with Gasteiger partial charge in [-0.05, 0) is 31.0 Å². The third-order valence-corrected chi connectivity index (χ3v) is 4.32. The molecule has 0 bridgehead atoms. The van der Waals surface area contributed by atoms with Gasteiger partial charge in [0.1, 0.15) is 11.3 Å². The van der Waals surface area contributed by atoms with Crippen molar-refractivity contribution in [1.29, 1.82) is 0 Å². The Balaban J connectivity index is 1.86. The van der Waals surface area contributed by atoms with Crippen LogP contribution in [0.25, 0.3) is 5.70 Å². The quantitative estimate of drug-likeness (QED) is 0.584. The Labute approximate surface area is 134 Å². The predicted molar refractivity (Wildman–Crippen MR) is 86.4 cm³/mol. The SMILES string of the molecule is C=C1c2cc(O)ccc2CN1C[C@@]1(C/C=C\C)NC(=O)NC1=O. The molecule has 3 rings (SSSR count). The third-order valence-electron chi connectivity index (χ3n) is 4.32. The van der Waals surface area contributed by atoms with Crippen molar-refractivity contribution >= 4 is 17.6 Å². The number of rotatable bonds is 4. The van der Waals surface area contributed by atoms with Crippen LogP contribution in [0.3, 0.4) is 0 Å². The second-order valence-electron chi connectivity index (χ2n) is 5.91. The first-order chi connectivity index (χ1) is 10.9. The number of carbonyl (C=O) groups is 2. The normalized spacial score (nSPS) is 23.3. The first kappa shape index (κ1) is 15.1. The number of phenolic OH excluding ortho intramolecular Hbond substituents is 1. The summed E-state index contributed by atoms with van der Waals surface area (Å²) < 4.78 is 0. The standard InChI is InChI=1S/C17H19N3O3/c1-3-4-7-17(15(22)18-16(23)19-17)10-20-9-12-5-6-13(21)8-14(12)11(20)2/h3-6,8,21H,2,7,9-10H2,1H3,(H2,18,19,22,23)/b4-3-/t17-/m1/s1. The predicted octanol–water partition coefficient (Wildman–Crippen LogP) is 1.72. The zero-order chi connectivity index (χ0) is 16.6. The maximum atomic E-state index is 12.3. The van der Waals surface area contributed by atoms with Crippen LogP contribution in [-0.2, 0) is 11.3 Å². The smallest absolute Gasteiger partial charge is 0.322 e. The molecule has 23 heavy (non-hydrogen) atoms. The van der Waals surface area contributed by atoms with E-state index in [1.165, 1.54) is 0 Å². The van der Waals surface area contributed by atoms with Crippen LogP contribution in [0.1, 0.15) is 24.5 Å². The fourth-order valence-electron chi connectivity index (χ4n) is 3.09. The Morgan fingerprint density at radius 3 is 2.87 bits per heavy atom. The van der Waals surface area contributed by atoms with Gasteiger partial charge in [0.2, 0.25) is 0 Å². The lowest BCUT2D eigenvalue weighted by Crippen LogP contribution is -2.53. The molecular formula is C17H19N3O3. The summed E-state index contributed by atoms with van der Waals surface area (Å²) in [5.41, 5.74) is 1.65. The lowest BCUT2D eigenvalue weighted by molar-refractivity contribution is -0.124. The minimum absolute atomic E-state index is 0.183. The van der Waals surface area contributed by atoms with E-state index < -0.39 is 11.6 Å². The number of aromatic hydroxyl groups is 1. The van der Waals surface area contributed by atoms with Crippen molar-refractivity contribution < 1.29 is 14.7 Å². The molecule has 0 radical (unpaired) electrons. The highest BCUT2D eigenvalue weighted by atomic mass is 16.3. The molecule has 6 heteroatoms. The number of carbonyl (C=O) groups excluding carboxylic acids is 2. The van der Waals surface area contributed by atoms with E-state index in [1.54, 1.807) is 12.1 Å². The van der Waals surface area contributed by atoms with Crippen molar-refractivity contribution in [1.82, 2.24) is 15.5 Å². The average molecular weight is 313 g/mol. The van der Waals surface area contributed by atoms with Crippen molar-refractivity contribution in [2.75, 3.05) is 6.54 Å². The lowest BCUT2D eigenvalue weighted by atomic mass is 9.94. The summed E-state index contributed by atoms with van der Waals surface area (Å²) >= 11 is 0. The number of amides is 3. The number of phenols is 1. The van der Waals surface area contributed by atoms with E-state index in [4.69, 9.17) is 0 Å². The van der Waals surface area contributed by atoms with E-state index in [0.29, 0.717) is 19.5 Å². The molecule has 1 aromatic rings. The topological polar surface area (TPSA) is 81.7 Å². The van der Waals surface area contributed by atoms with E-state index in [1.807, 2.05) is 30.0 Å². The summed E-state index contributed by atoms with van der Waals surface area (Å²) in [5, 5.41) is 14.7. The maximum absolute atomic E-state index is 12.3. The number of nitrogens with one attached hydrogen (secondary N) is 2. The van der Waals surface area contributed by atoms with E-state index in [0.717, 1.165) is 16.8 Å². The third kappa shape index (κ3) is 2.56. The summed E-state index contributed by atoms with van der Waals surface area (Å²) in [6.45, 7) is 6.85. The molecule has 0 aliphatic carbocycles. The molecule has 3 N–H and O–H groups in total. The van der Waals surface area contributed by atoms with Gasteiger partial charge in [-0.3, -0.25) is 10.1 Å². The molecule has 120 valence electrons. The number of imide groups is 1. The minimum Gasteiger partial charge on any atom is -0.508 e. The van der Waals surface area contributed by atoms with Crippen molar-refractivity contribution in [3.8, 4) is 5.75 Å². The Morgan fingerprint density at radius 2 is 2.22 bits per heavy atom. The molecule has 1 aromatic carbocycles. The van der Waals surface area contributed by atoms with Crippen LogP contribution >= 0.6 is 0 Å². The van der Waals surface area contributed by atoms with Crippen LogP contribution in [-0.4, -0.2) is 34.0 Å². The van der Waals surface area contributed by atoms with Gasteiger partial charge in [0.25, 0.3) is 5.91 Å². The summed E-state index contributed by atoms with van der Waals surface area (Å²) in [4.78, 5) is 25.9. The van der Waals surface area contributed by atoms with Crippen LogP contribution in [0, 0.1) is 0 Å². The summed E-state index contributed by atoms with van der Waals surface area (Å²) in [6, 6.07) is 4.68. The van der Waals surface area contributed by atoms with Gasteiger partial charge < -0.3 is 15.3 Å². The van der Waals surface area contributed by atoms with Crippen LogP contribution < -0.4 is 10.6 Å². The molecule has 0 aromatic heterocycles. The summed E-state index contributed by atoms with van der Waals surface area (Å²) in [5.74, 6) is -0.144. The molecule has 0 spiro atoms. The van der Waals surface area contributed by atoms with Gasteiger partial charge in [-0.2, -0.15) is 0 Å². The lowest BCUT2D eigenvalue weighted by Gasteiger charge is -2.31. The van der Waals surface area contributed by atoms with Gasteiger partial charge in [-0.1, -0.05) is 24.8 Å². The Bertz CT molecular complexity index is 726. The van der Waals surface area contributed by atoms with Gasteiger partial charge in [0, 0.05) is 17.8 Å². The molecule has 1 atom stereocenters. The molecule has 1 fully saturated rings. The number of fused-ring (bicyclic) bond motifs is 1. The molecular weight excluding hydrogens is 294 g/mol. The minimum atomic E-state index is -1.00. The van der Waals surface area contributed by atoms with Crippen LogP contribution in [0.2, 0.25) is 0 Å². The van der Waals surface area contributed by atoms with Crippen LogP contribution in [0.15, 0.2) is 36.9 Å². The Morgan fingerprint density at radius 1 is 1.43 bits per heavy atom. The number of nitrogens with zero attached hydrogens (tertiary/aromatic N) is 1. The molecule has 0 saturated carbocycles. The van der Waals surface area contributed by atoms with Crippen molar-refractivity contribution in [3.05, 3.63) is 48.1 Å². The van der Waals surface area contributed by atoms with Gasteiger partial charge >= 0.3 is 6.03 Å². The first-order valence-corrected chi connectivity index (χ1v) is 7.46. The molecule has 2 aliphatic rings. The van der Waals surface area contributed by atoms with E-state index in [-0.39, 0.29) is 11.7 Å². The highest BCUT2D eigenvalue weighted by Gasteiger charge is 2.47. The Hall–Kier alpha value is -2.76. The van der Waals surface area contributed by atoms with Crippen molar-refractivity contribution in [3.63, 3.8) is 0 Å². The molecule has 1 saturated heterocycles. The van der Waals surface area contributed by atoms with Crippen LogP contribution in [0.5, 0.6) is 5.75 Å². The molecule has 6 nitrogen and oxygen atoms in total. The number of hydrogen-bond donors (Lipinski definition) is 3. The van der Waals surface area contributed by atoms with Crippen molar-refractivity contribution in [2.45, 2.75) is 25.4 Å². The second-order valence-corrected chi connectivity index (χ2v) is 5.91. The molecule has 2 heterocycles. The highest BCUT2D eigenvalue weighted by molar-refractivity contribution is 6.07. The number of urea groups is 1. The van der Waals surface area contributed by atoms with Crippen molar-refractivity contribution in [2.24, 2.45) is 0 Å². The highest BCUT2D eigenvalue weighted by Crippen LogP contribution is 2.35. The summed E-state index contributed by atoms with van der Waals surface area (Å²) in [7, 11) is 0. The van der Waals surface area contributed by atoms with E-state index in [9.17, 15) is 14.7 Å². The molecule has 2 aliphatic heterocycles. The molecule has 3 amide bonds. The zero-order valence-corrected chi connectivity index (χ0v) is 12.9. The summed E-state index contributed by atoms with van der Waals surface area (Å²) in [6.07, 6.45) is 4.13. The van der Waals surface area contributed by atoms with Gasteiger partial charge in [-0.25, -0.2) is 4.79 Å². The fraction of sp³-hybridized carbons (Fsp3) is 0.294. The second kappa shape index (κ2) is 5.46. The Kier molecular flexibility index (Phi) is 3.60. The van der Waals surface area contributed by atoms with Crippen LogP contribution in [0.4, 0.5) is 4.79 Å². The largest absolute Gasteiger partial charge is 0.508 e. The zero-order valence-electron chi connectivity index (χ0n) is 12.9. The maximum Gasteiger partial charge on any atom is 0.322 e. The monoisotopic (exact) mass is 313 g/mol. The fourth-order valence-corrected chi connectivity index (χ4v) is 3.09. The average Bonchev–Trinajstić information content (AvgIpc) is 2.95. The van der Waals surface area contributed by atoms with Gasteiger partial charge in [0.05, 0.1) is 6.54 Å². The van der Waals surface area contributed by atoms with E-state index >= 15 is 0 Å². The molecule has 0 unspecified atom stereocenters.